The monoisotopic (exact) mass is 795 g/mol. The molecule has 3 saturated heterocycles. The lowest BCUT2D eigenvalue weighted by Gasteiger charge is -2.37. The Balaban J connectivity index is 0.812. The molecule has 5 amide bonds. The van der Waals surface area contributed by atoms with Gasteiger partial charge in [0.05, 0.1) is 19.3 Å². The fourth-order valence-electron chi connectivity index (χ4n) is 9.35. The highest BCUT2D eigenvalue weighted by molar-refractivity contribution is 6.06. The lowest BCUT2D eigenvalue weighted by molar-refractivity contribution is -0.139. The molecule has 7 heterocycles. The standard InChI is InChI=1S/C42H53N9O7/c1-43-42(57)50-15-11-29-32(23-46(2)39(54)33(29)24-50)27-20-36(58-3)34(44-22-27)25-48-13-9-26(10-14-48)8-12-47-16-18-49(19-17-47)28-4-5-30-31(21-28)41(56)51(40(30)55)35-6-7-37(52)45-38(35)53/h4-5,20-23,26,35,40,55H,6-19,24-25H2,1-3H3,(H,43,57)(H,45,52,53). The van der Waals surface area contributed by atoms with Crippen LogP contribution in [0, 0.1) is 5.92 Å². The summed E-state index contributed by atoms with van der Waals surface area (Å²) in [6.07, 6.45) is 6.85. The number of hydrogen-bond acceptors (Lipinski definition) is 11. The Hall–Kier alpha value is -5.32. The second-order valence-electron chi connectivity index (χ2n) is 16.2. The fraction of sp³-hybridized carbons (Fsp3) is 0.524. The third-order valence-corrected chi connectivity index (χ3v) is 12.8. The number of aliphatic hydroxyl groups is 1. The number of piperidine rings is 2. The molecule has 2 aromatic heterocycles. The molecular formula is C42H53N9O7. The summed E-state index contributed by atoms with van der Waals surface area (Å²) >= 11 is 0. The van der Waals surface area contributed by atoms with Gasteiger partial charge in [-0.25, -0.2) is 4.79 Å². The Morgan fingerprint density at radius 2 is 1.72 bits per heavy atom. The zero-order valence-corrected chi connectivity index (χ0v) is 33.5. The first-order chi connectivity index (χ1) is 28.0. The number of imide groups is 1. The third kappa shape index (κ3) is 7.67. The number of pyridine rings is 2. The smallest absolute Gasteiger partial charge is 0.317 e. The van der Waals surface area contributed by atoms with E-state index in [4.69, 9.17) is 9.72 Å². The van der Waals surface area contributed by atoms with Crippen LogP contribution in [0.2, 0.25) is 0 Å². The highest BCUT2D eigenvalue weighted by Gasteiger charge is 2.44. The van der Waals surface area contributed by atoms with Gasteiger partial charge in [0.25, 0.3) is 11.5 Å². The predicted molar refractivity (Wildman–Crippen MR) is 215 cm³/mol. The number of ether oxygens (including phenoxy) is 1. The summed E-state index contributed by atoms with van der Waals surface area (Å²) in [7, 11) is 5.01. The quantitative estimate of drug-likeness (QED) is 0.270. The number of methoxy groups -OCH3 is 1. The lowest BCUT2D eigenvalue weighted by atomic mass is 9.92. The van der Waals surface area contributed by atoms with Crippen LogP contribution >= 0.6 is 0 Å². The zero-order chi connectivity index (χ0) is 40.7. The van der Waals surface area contributed by atoms with Crippen molar-refractivity contribution in [1.82, 2.24) is 39.8 Å². The van der Waals surface area contributed by atoms with Crippen LogP contribution in [0.5, 0.6) is 5.75 Å². The molecule has 3 N–H and O–H groups in total. The Bertz CT molecular complexity index is 2160. The summed E-state index contributed by atoms with van der Waals surface area (Å²) < 4.78 is 7.44. The van der Waals surface area contributed by atoms with Crippen LogP contribution in [0.25, 0.3) is 11.1 Å². The number of likely N-dealkylation sites (tertiary alicyclic amines) is 1. The highest BCUT2D eigenvalue weighted by atomic mass is 16.5. The molecule has 2 unspecified atom stereocenters. The second-order valence-corrected chi connectivity index (χ2v) is 16.2. The van der Waals surface area contributed by atoms with Crippen LogP contribution in [-0.4, -0.2) is 131 Å². The minimum absolute atomic E-state index is 0.0908. The van der Waals surface area contributed by atoms with Crippen molar-refractivity contribution >= 4 is 29.4 Å². The van der Waals surface area contributed by atoms with Crippen LogP contribution in [0.15, 0.2) is 41.5 Å². The maximum atomic E-state index is 13.4. The number of aryl methyl sites for hydroxylation is 1. The maximum absolute atomic E-state index is 13.4. The summed E-state index contributed by atoms with van der Waals surface area (Å²) in [6.45, 7) is 8.05. The summed E-state index contributed by atoms with van der Waals surface area (Å²) in [6, 6.07) is 6.52. The molecule has 3 fully saturated rings. The summed E-state index contributed by atoms with van der Waals surface area (Å²) in [4.78, 5) is 77.9. The Kier molecular flexibility index (Phi) is 11.2. The molecule has 16 nitrogen and oxygen atoms in total. The minimum Gasteiger partial charge on any atom is -0.495 e. The molecular weight excluding hydrogens is 743 g/mol. The Morgan fingerprint density at radius 3 is 2.45 bits per heavy atom. The number of anilines is 1. The normalized spacial score (nSPS) is 21.9. The number of fused-ring (bicyclic) bond motifs is 2. The van der Waals surface area contributed by atoms with E-state index in [-0.39, 0.29) is 42.8 Å². The molecule has 0 saturated carbocycles. The Morgan fingerprint density at radius 1 is 0.948 bits per heavy atom. The average molecular weight is 796 g/mol. The lowest BCUT2D eigenvalue weighted by Crippen LogP contribution is -2.53. The van der Waals surface area contributed by atoms with Gasteiger partial charge in [-0.05, 0) is 81.4 Å². The van der Waals surface area contributed by atoms with E-state index in [0.29, 0.717) is 42.1 Å². The van der Waals surface area contributed by atoms with Gasteiger partial charge < -0.3 is 29.5 Å². The van der Waals surface area contributed by atoms with Crippen LogP contribution < -0.4 is 25.8 Å². The number of hydrogen-bond donors (Lipinski definition) is 3. The van der Waals surface area contributed by atoms with Gasteiger partial charge in [-0.2, -0.15) is 0 Å². The largest absolute Gasteiger partial charge is 0.495 e. The number of carbonyl (C=O) groups excluding carboxylic acids is 4. The number of piperazine rings is 1. The van der Waals surface area contributed by atoms with E-state index < -0.39 is 18.2 Å². The van der Waals surface area contributed by atoms with Gasteiger partial charge in [-0.3, -0.25) is 44.2 Å². The molecule has 3 aromatic rings. The second kappa shape index (κ2) is 16.5. The molecule has 0 aliphatic carbocycles. The molecule has 0 spiro atoms. The number of benzene rings is 1. The molecule has 16 heteroatoms. The van der Waals surface area contributed by atoms with Crippen LogP contribution in [0.1, 0.15) is 71.1 Å². The van der Waals surface area contributed by atoms with E-state index in [9.17, 15) is 29.1 Å². The van der Waals surface area contributed by atoms with Crippen LogP contribution in [-0.2, 0) is 36.1 Å². The van der Waals surface area contributed by atoms with Crippen molar-refractivity contribution < 1.29 is 29.0 Å². The number of aromatic nitrogens is 2. The predicted octanol–water partition coefficient (Wildman–Crippen LogP) is 1.83. The molecule has 58 heavy (non-hydrogen) atoms. The minimum atomic E-state index is -1.22. The van der Waals surface area contributed by atoms with Crippen molar-refractivity contribution in [1.29, 1.82) is 0 Å². The number of urea groups is 1. The number of amides is 5. The first-order valence-corrected chi connectivity index (χ1v) is 20.4. The van der Waals surface area contributed by atoms with Gasteiger partial charge in [0, 0.05) is 106 Å². The van der Waals surface area contributed by atoms with E-state index in [2.05, 4.69) is 25.3 Å². The number of carbonyl (C=O) groups is 4. The molecule has 308 valence electrons. The van der Waals surface area contributed by atoms with Gasteiger partial charge in [-0.1, -0.05) is 6.07 Å². The zero-order valence-electron chi connectivity index (χ0n) is 33.5. The molecule has 0 radical (unpaired) electrons. The molecule has 2 atom stereocenters. The van der Waals surface area contributed by atoms with Crippen molar-refractivity contribution in [3.05, 3.63) is 75.0 Å². The van der Waals surface area contributed by atoms with Crippen molar-refractivity contribution in [3.8, 4) is 16.9 Å². The van der Waals surface area contributed by atoms with E-state index in [1.165, 1.54) is 4.90 Å². The molecule has 8 rings (SSSR count). The van der Waals surface area contributed by atoms with Gasteiger partial charge in [0.1, 0.15) is 11.8 Å². The average Bonchev–Trinajstić information content (AvgIpc) is 3.49. The van der Waals surface area contributed by atoms with Crippen molar-refractivity contribution in [2.75, 3.05) is 71.4 Å². The first-order valence-electron chi connectivity index (χ1n) is 20.4. The van der Waals surface area contributed by atoms with Gasteiger partial charge in [-0.15, -0.1) is 0 Å². The number of rotatable bonds is 9. The van der Waals surface area contributed by atoms with Crippen LogP contribution in [0.3, 0.4) is 0 Å². The first kappa shape index (κ1) is 39.5. The summed E-state index contributed by atoms with van der Waals surface area (Å²) in [5.74, 6) is 0.0915. The molecule has 5 aliphatic heterocycles. The van der Waals surface area contributed by atoms with E-state index in [0.717, 1.165) is 98.9 Å². The van der Waals surface area contributed by atoms with Crippen molar-refractivity contribution in [3.63, 3.8) is 0 Å². The topological polar surface area (TPSA) is 173 Å². The SMILES string of the molecule is CNC(=O)N1CCc2c(-c3cnc(CN4CCC(CCN5CCN(c6ccc7c(c6)C(=O)N(C6CCC(=O)NC6=O)C7O)CC5)CC4)c(OC)c3)cn(C)c(=O)c2C1. The fourth-order valence-corrected chi connectivity index (χ4v) is 9.35. The summed E-state index contributed by atoms with van der Waals surface area (Å²) in [5, 5.41) is 15.9. The maximum Gasteiger partial charge on any atom is 0.317 e. The number of nitrogens with one attached hydrogen (secondary N) is 2. The number of nitrogens with zero attached hydrogens (tertiary/aromatic N) is 7. The van der Waals surface area contributed by atoms with Gasteiger partial charge in [0.2, 0.25) is 11.8 Å². The van der Waals surface area contributed by atoms with Crippen molar-refractivity contribution in [2.24, 2.45) is 13.0 Å². The third-order valence-electron chi connectivity index (χ3n) is 12.8. The van der Waals surface area contributed by atoms with E-state index in [1.807, 2.05) is 30.6 Å². The van der Waals surface area contributed by atoms with Gasteiger partial charge >= 0.3 is 6.03 Å². The highest BCUT2D eigenvalue weighted by Crippen LogP contribution is 2.38. The van der Waals surface area contributed by atoms with E-state index in [1.54, 1.807) is 36.7 Å². The van der Waals surface area contributed by atoms with Crippen molar-refractivity contribution in [2.45, 2.75) is 63.9 Å². The molecule has 5 aliphatic rings. The molecule has 1 aromatic carbocycles. The van der Waals surface area contributed by atoms with Gasteiger partial charge in [0.15, 0.2) is 6.23 Å². The Labute approximate surface area is 337 Å². The number of aliphatic hydroxyl groups excluding tert-OH is 1. The molecule has 0 bridgehead atoms. The van der Waals surface area contributed by atoms with Crippen LogP contribution in [0.4, 0.5) is 10.5 Å². The van der Waals surface area contributed by atoms with E-state index >= 15 is 0 Å². The summed E-state index contributed by atoms with van der Waals surface area (Å²) in [5.41, 5.74) is 6.06.